The first kappa shape index (κ1) is 13.6. The second-order valence-electron chi connectivity index (χ2n) is 4.34. The topological polar surface area (TPSA) is 43.1 Å². The number of non-ortho nitro benzene ring substituents is 1. The third kappa shape index (κ3) is 3.80. The lowest BCUT2D eigenvalue weighted by atomic mass is 10.0. The van der Waals surface area contributed by atoms with E-state index in [1.807, 2.05) is 30.3 Å². The highest BCUT2D eigenvalue weighted by molar-refractivity contribution is 6.20. The number of nitro benzene ring substituents is 1. The molecule has 0 amide bonds. The first-order valence-corrected chi connectivity index (χ1v) is 6.53. The molecule has 0 aliphatic heterocycles. The van der Waals surface area contributed by atoms with E-state index >= 15 is 0 Å². The molecule has 19 heavy (non-hydrogen) atoms. The fraction of sp³-hybridized carbons (Fsp3) is 0.200. The van der Waals surface area contributed by atoms with Crippen LogP contribution in [-0.2, 0) is 6.42 Å². The zero-order valence-corrected chi connectivity index (χ0v) is 11.1. The van der Waals surface area contributed by atoms with Crippen LogP contribution in [0.15, 0.2) is 54.6 Å². The largest absolute Gasteiger partial charge is 0.269 e. The van der Waals surface area contributed by atoms with Gasteiger partial charge in [0.05, 0.1) is 10.3 Å². The summed E-state index contributed by atoms with van der Waals surface area (Å²) in [5, 5.41) is 10.5. The molecule has 3 nitrogen and oxygen atoms in total. The number of halogens is 1. The standard InChI is InChI=1S/C15H14ClNO2/c16-15(13-4-2-1-3-5-13)11-8-12-6-9-14(10-7-12)17(18)19/h1-7,9-10,15H,8,11H2. The van der Waals surface area contributed by atoms with Gasteiger partial charge in [-0.1, -0.05) is 42.5 Å². The van der Waals surface area contributed by atoms with Crippen molar-refractivity contribution in [3.05, 3.63) is 75.8 Å². The summed E-state index contributed by atoms with van der Waals surface area (Å²) in [6, 6.07) is 16.5. The molecule has 2 aromatic rings. The minimum Gasteiger partial charge on any atom is -0.258 e. The Kier molecular flexibility index (Phi) is 4.53. The quantitative estimate of drug-likeness (QED) is 0.458. The zero-order chi connectivity index (χ0) is 13.7. The number of nitrogens with zero attached hydrogens (tertiary/aromatic N) is 1. The lowest BCUT2D eigenvalue weighted by molar-refractivity contribution is -0.384. The summed E-state index contributed by atoms with van der Waals surface area (Å²) in [4.78, 5) is 10.2. The molecule has 1 unspecified atom stereocenters. The number of aryl methyl sites for hydroxylation is 1. The van der Waals surface area contributed by atoms with Crippen LogP contribution in [0.3, 0.4) is 0 Å². The highest BCUT2D eigenvalue weighted by atomic mass is 35.5. The van der Waals surface area contributed by atoms with Gasteiger partial charge in [-0.25, -0.2) is 0 Å². The normalized spacial score (nSPS) is 12.1. The van der Waals surface area contributed by atoms with Gasteiger partial charge in [0.25, 0.3) is 5.69 Å². The number of hydrogen-bond acceptors (Lipinski definition) is 2. The summed E-state index contributed by atoms with van der Waals surface area (Å²) in [5.74, 6) is 0. The maximum Gasteiger partial charge on any atom is 0.269 e. The van der Waals surface area contributed by atoms with E-state index in [2.05, 4.69) is 0 Å². The van der Waals surface area contributed by atoms with E-state index in [1.165, 1.54) is 12.1 Å². The van der Waals surface area contributed by atoms with Crippen molar-refractivity contribution in [1.82, 2.24) is 0 Å². The van der Waals surface area contributed by atoms with E-state index in [0.29, 0.717) is 0 Å². The van der Waals surface area contributed by atoms with E-state index in [-0.39, 0.29) is 11.1 Å². The molecule has 0 heterocycles. The lowest BCUT2D eigenvalue weighted by Gasteiger charge is -2.09. The molecule has 4 heteroatoms. The molecule has 2 aromatic carbocycles. The van der Waals surface area contributed by atoms with Gasteiger partial charge in [0.2, 0.25) is 0 Å². The predicted octanol–water partition coefficient (Wildman–Crippen LogP) is 4.51. The van der Waals surface area contributed by atoms with Crippen LogP contribution in [0.5, 0.6) is 0 Å². The molecule has 0 aliphatic carbocycles. The number of benzene rings is 2. The molecule has 0 aromatic heterocycles. The van der Waals surface area contributed by atoms with Crippen LogP contribution in [0.4, 0.5) is 5.69 Å². The summed E-state index contributed by atoms with van der Waals surface area (Å²) in [6.07, 6.45) is 1.62. The first-order valence-electron chi connectivity index (χ1n) is 6.09. The Morgan fingerprint density at radius 1 is 1.05 bits per heavy atom. The van der Waals surface area contributed by atoms with Gasteiger partial charge in [0.15, 0.2) is 0 Å². The molecule has 2 rings (SSSR count). The van der Waals surface area contributed by atoms with Crippen molar-refractivity contribution in [3.8, 4) is 0 Å². The Labute approximate surface area is 117 Å². The number of rotatable bonds is 5. The summed E-state index contributed by atoms with van der Waals surface area (Å²) in [7, 11) is 0. The van der Waals surface area contributed by atoms with Crippen LogP contribution in [-0.4, -0.2) is 4.92 Å². The SMILES string of the molecule is O=[N+]([O-])c1ccc(CCC(Cl)c2ccccc2)cc1. The number of alkyl halides is 1. The summed E-state index contributed by atoms with van der Waals surface area (Å²) in [6.45, 7) is 0. The van der Waals surface area contributed by atoms with Crippen LogP contribution in [0.2, 0.25) is 0 Å². The molecule has 1 atom stereocenters. The van der Waals surface area contributed by atoms with Crippen molar-refractivity contribution in [2.24, 2.45) is 0 Å². The van der Waals surface area contributed by atoms with Gasteiger partial charge in [-0.2, -0.15) is 0 Å². The van der Waals surface area contributed by atoms with Gasteiger partial charge in [-0.3, -0.25) is 10.1 Å². The fourth-order valence-electron chi connectivity index (χ4n) is 1.91. The molecule has 0 bridgehead atoms. The van der Waals surface area contributed by atoms with Crippen LogP contribution in [0.25, 0.3) is 0 Å². The molecule has 0 aliphatic rings. The van der Waals surface area contributed by atoms with E-state index < -0.39 is 4.92 Å². The van der Waals surface area contributed by atoms with E-state index in [0.717, 1.165) is 24.0 Å². The van der Waals surface area contributed by atoms with Crippen LogP contribution in [0.1, 0.15) is 22.9 Å². The molecule has 98 valence electrons. The van der Waals surface area contributed by atoms with Crippen LogP contribution in [0, 0.1) is 10.1 Å². The molecule has 0 saturated heterocycles. The van der Waals surface area contributed by atoms with Crippen LogP contribution < -0.4 is 0 Å². The van der Waals surface area contributed by atoms with Gasteiger partial charge < -0.3 is 0 Å². The predicted molar refractivity (Wildman–Crippen MR) is 76.5 cm³/mol. The molecule has 0 spiro atoms. The molecule has 0 N–H and O–H groups in total. The van der Waals surface area contributed by atoms with Crippen LogP contribution >= 0.6 is 11.6 Å². The highest BCUT2D eigenvalue weighted by Gasteiger charge is 2.08. The number of hydrogen-bond donors (Lipinski definition) is 0. The van der Waals surface area contributed by atoms with Gasteiger partial charge in [-0.05, 0) is 24.0 Å². The Morgan fingerprint density at radius 3 is 2.26 bits per heavy atom. The van der Waals surface area contributed by atoms with E-state index in [9.17, 15) is 10.1 Å². The van der Waals surface area contributed by atoms with Crippen molar-refractivity contribution < 1.29 is 4.92 Å². The Hall–Kier alpha value is -1.87. The fourth-order valence-corrected chi connectivity index (χ4v) is 2.16. The van der Waals surface area contributed by atoms with Gasteiger partial charge >= 0.3 is 0 Å². The van der Waals surface area contributed by atoms with Crippen molar-refractivity contribution in [1.29, 1.82) is 0 Å². The molecular weight excluding hydrogens is 262 g/mol. The van der Waals surface area contributed by atoms with Crippen molar-refractivity contribution in [2.75, 3.05) is 0 Å². The van der Waals surface area contributed by atoms with Gasteiger partial charge in [0.1, 0.15) is 0 Å². The van der Waals surface area contributed by atoms with Gasteiger partial charge in [0, 0.05) is 12.1 Å². The Balaban J connectivity index is 1.93. The Bertz CT molecular complexity index is 540. The maximum absolute atomic E-state index is 10.5. The minimum atomic E-state index is -0.391. The molecule has 0 fully saturated rings. The van der Waals surface area contributed by atoms with E-state index in [4.69, 9.17) is 11.6 Å². The second kappa shape index (κ2) is 6.34. The summed E-state index contributed by atoms with van der Waals surface area (Å²) < 4.78 is 0. The van der Waals surface area contributed by atoms with Gasteiger partial charge in [-0.15, -0.1) is 11.6 Å². The Morgan fingerprint density at radius 2 is 1.68 bits per heavy atom. The first-order chi connectivity index (χ1) is 9.16. The van der Waals surface area contributed by atoms with Crippen molar-refractivity contribution in [2.45, 2.75) is 18.2 Å². The average Bonchev–Trinajstić information content (AvgIpc) is 2.46. The van der Waals surface area contributed by atoms with Crippen molar-refractivity contribution >= 4 is 17.3 Å². The monoisotopic (exact) mass is 275 g/mol. The molecular formula is C15H14ClNO2. The molecule has 0 radical (unpaired) electrons. The number of nitro groups is 1. The van der Waals surface area contributed by atoms with E-state index in [1.54, 1.807) is 12.1 Å². The average molecular weight is 276 g/mol. The van der Waals surface area contributed by atoms with Crippen molar-refractivity contribution in [3.63, 3.8) is 0 Å². The third-order valence-corrected chi connectivity index (χ3v) is 3.47. The molecule has 0 saturated carbocycles. The smallest absolute Gasteiger partial charge is 0.258 e. The second-order valence-corrected chi connectivity index (χ2v) is 4.87. The zero-order valence-electron chi connectivity index (χ0n) is 10.3. The minimum absolute atomic E-state index is 0.0311. The summed E-state index contributed by atoms with van der Waals surface area (Å²) >= 11 is 6.33. The summed E-state index contributed by atoms with van der Waals surface area (Å²) in [5.41, 5.74) is 2.28. The highest BCUT2D eigenvalue weighted by Crippen LogP contribution is 2.25. The lowest BCUT2D eigenvalue weighted by Crippen LogP contribution is -1.94. The third-order valence-electron chi connectivity index (χ3n) is 2.99. The maximum atomic E-state index is 10.5.